The Balaban J connectivity index is 0.924. The smallest absolute Gasteiger partial charge is 0.147 e. The normalized spacial score (nSPS) is 11.6. The monoisotopic (exact) mass is 838 g/mol. The predicted octanol–water partition coefficient (Wildman–Crippen LogP) is 14.4. The van der Waals surface area contributed by atoms with Crippen molar-refractivity contribution in [2.45, 2.75) is 20.3 Å². The quantitative estimate of drug-likeness (QED) is 0.135. The molecular formula is C53H40Cl2N2O4. The third-order valence-electron chi connectivity index (χ3n) is 11.4. The number of benzene rings is 8. The minimum Gasteiger partial charge on any atom is -0.505 e. The first-order valence-corrected chi connectivity index (χ1v) is 21.0. The number of hydrogen-bond acceptors (Lipinski definition) is 4. The van der Waals surface area contributed by atoms with E-state index in [2.05, 4.69) is 57.7 Å². The van der Waals surface area contributed by atoms with Gasteiger partial charge in [0, 0.05) is 60.3 Å². The Morgan fingerprint density at radius 2 is 0.770 bits per heavy atom. The Hall–Kier alpha value is -6.86. The van der Waals surface area contributed by atoms with Crippen LogP contribution < -0.4 is 9.47 Å². The zero-order chi connectivity index (χ0) is 41.8. The molecule has 10 rings (SSSR count). The van der Waals surface area contributed by atoms with E-state index in [1.165, 1.54) is 0 Å². The molecule has 0 aliphatic rings. The van der Waals surface area contributed by atoms with Gasteiger partial charge in [0.25, 0.3) is 0 Å². The number of ether oxygens (including phenoxy) is 2. The number of nitrogens with zero attached hydrogens (tertiary/aromatic N) is 2. The molecule has 0 saturated carbocycles. The molecule has 0 spiro atoms. The molecule has 0 fully saturated rings. The summed E-state index contributed by atoms with van der Waals surface area (Å²) >= 11 is 13.2. The molecule has 0 unspecified atom stereocenters. The fraction of sp³-hybridized carbons (Fsp3) is 0.0943. The van der Waals surface area contributed by atoms with Crippen molar-refractivity contribution in [3.63, 3.8) is 0 Å². The van der Waals surface area contributed by atoms with Crippen molar-refractivity contribution in [1.29, 1.82) is 0 Å². The van der Waals surface area contributed by atoms with E-state index >= 15 is 0 Å². The largest absolute Gasteiger partial charge is 0.505 e. The highest BCUT2D eigenvalue weighted by atomic mass is 35.5. The number of phenols is 2. The molecule has 0 bridgehead atoms. The lowest BCUT2D eigenvalue weighted by Crippen LogP contribution is -2.06. The van der Waals surface area contributed by atoms with E-state index < -0.39 is 0 Å². The lowest BCUT2D eigenvalue weighted by molar-refractivity contribution is 0.248. The number of aromatic nitrogens is 2. The summed E-state index contributed by atoms with van der Waals surface area (Å²) in [4.78, 5) is 0. The van der Waals surface area contributed by atoms with Crippen molar-refractivity contribution < 1.29 is 19.7 Å². The van der Waals surface area contributed by atoms with Gasteiger partial charge in [-0.1, -0.05) is 96.0 Å². The molecule has 0 atom stereocenters. The minimum absolute atomic E-state index is 0.128. The molecule has 0 saturated heterocycles. The molecule has 300 valence electrons. The number of halogens is 2. The van der Waals surface area contributed by atoms with Crippen molar-refractivity contribution >= 4 is 66.8 Å². The van der Waals surface area contributed by atoms with E-state index in [9.17, 15) is 10.2 Å². The number of para-hydroxylation sites is 4. The Labute approximate surface area is 363 Å². The van der Waals surface area contributed by atoms with Crippen molar-refractivity contribution in [2.75, 3.05) is 13.2 Å². The van der Waals surface area contributed by atoms with Crippen molar-refractivity contribution in [1.82, 2.24) is 9.13 Å². The summed E-state index contributed by atoms with van der Waals surface area (Å²) in [6.07, 6.45) is 0.545. The van der Waals surface area contributed by atoms with E-state index in [0.29, 0.717) is 74.8 Å². The van der Waals surface area contributed by atoms with Gasteiger partial charge in [0.05, 0.1) is 46.7 Å². The van der Waals surface area contributed by atoms with E-state index in [4.69, 9.17) is 32.7 Å². The molecule has 0 radical (unpaired) electrons. The van der Waals surface area contributed by atoms with Crippen molar-refractivity contribution in [2.24, 2.45) is 0 Å². The van der Waals surface area contributed by atoms with Crippen LogP contribution in [0.25, 0.3) is 77.2 Å². The van der Waals surface area contributed by atoms with Crippen LogP contribution in [-0.2, 0) is 0 Å². The molecule has 10 aromatic rings. The average molecular weight is 840 g/mol. The fourth-order valence-corrected chi connectivity index (χ4v) is 9.08. The van der Waals surface area contributed by atoms with Crippen LogP contribution >= 0.6 is 23.2 Å². The predicted molar refractivity (Wildman–Crippen MR) is 251 cm³/mol. The number of aryl methyl sites for hydroxylation is 2. The second kappa shape index (κ2) is 15.6. The number of rotatable bonds is 10. The topological polar surface area (TPSA) is 68.8 Å². The maximum absolute atomic E-state index is 12.1. The van der Waals surface area contributed by atoms with Gasteiger partial charge in [-0.25, -0.2) is 0 Å². The van der Waals surface area contributed by atoms with Crippen LogP contribution in [0.2, 0.25) is 10.0 Å². The van der Waals surface area contributed by atoms with Gasteiger partial charge in [-0.3, -0.25) is 0 Å². The van der Waals surface area contributed by atoms with Gasteiger partial charge in [0.15, 0.2) is 0 Å². The van der Waals surface area contributed by atoms with E-state index in [1.54, 1.807) is 12.1 Å². The standard InChI is InChI=1S/C53H40Cl2N2O4/c1-32-26-42(52(58)48(28-32)56-44-16-7-3-12-36(44)37-13-4-8-17-45(37)56)40-30-34(54)20-22-50(40)60-24-11-25-61-51-23-21-35(55)31-41(51)43-27-33(2)29-49(53(43)59)57-46-18-9-5-14-38(46)39-15-6-10-19-47(39)57/h3-10,12-23,26-31,58-59H,11,24-25H2,1-2H3. The summed E-state index contributed by atoms with van der Waals surface area (Å²) in [7, 11) is 0. The lowest BCUT2D eigenvalue weighted by atomic mass is 9.99. The lowest BCUT2D eigenvalue weighted by Gasteiger charge is -2.18. The van der Waals surface area contributed by atoms with Crippen molar-refractivity contribution in [3.05, 3.63) is 179 Å². The highest BCUT2D eigenvalue weighted by Gasteiger charge is 2.22. The highest BCUT2D eigenvalue weighted by molar-refractivity contribution is 6.31. The van der Waals surface area contributed by atoms with Crippen LogP contribution in [0.3, 0.4) is 0 Å². The zero-order valence-electron chi connectivity index (χ0n) is 33.5. The fourth-order valence-electron chi connectivity index (χ4n) is 8.74. The molecule has 0 amide bonds. The molecule has 2 heterocycles. The SMILES string of the molecule is Cc1cc(-c2cc(Cl)ccc2OCCCOc2ccc(Cl)cc2-c2cc(C)cc(-n3c4ccccc4c4ccccc43)c2O)c(O)c(-n2c3ccccc3c3ccccc32)c1. The van der Waals surface area contributed by atoms with Gasteiger partial charge in [0.1, 0.15) is 23.0 Å². The van der Waals surface area contributed by atoms with Gasteiger partial charge in [-0.05, 0) is 110 Å². The van der Waals surface area contributed by atoms with Crippen LogP contribution in [0.4, 0.5) is 0 Å². The van der Waals surface area contributed by atoms with Crippen molar-refractivity contribution in [3.8, 4) is 56.6 Å². The molecule has 61 heavy (non-hydrogen) atoms. The van der Waals surface area contributed by atoms with Gasteiger partial charge in [-0.15, -0.1) is 0 Å². The number of hydrogen-bond donors (Lipinski definition) is 2. The molecule has 6 nitrogen and oxygen atoms in total. The summed E-state index contributed by atoms with van der Waals surface area (Å²) in [6.45, 7) is 4.71. The molecule has 8 aromatic carbocycles. The summed E-state index contributed by atoms with van der Waals surface area (Å²) in [5.41, 5.74) is 9.92. The van der Waals surface area contributed by atoms with Gasteiger partial charge >= 0.3 is 0 Å². The Kier molecular flexibility index (Phi) is 9.83. The molecular weight excluding hydrogens is 799 g/mol. The maximum atomic E-state index is 12.1. The number of aromatic hydroxyl groups is 2. The first-order chi connectivity index (χ1) is 29.7. The first kappa shape index (κ1) is 38.3. The van der Waals surface area contributed by atoms with Gasteiger partial charge in [0.2, 0.25) is 0 Å². The van der Waals surface area contributed by atoms with Gasteiger partial charge < -0.3 is 28.8 Å². The molecule has 2 N–H and O–H groups in total. The van der Waals surface area contributed by atoms with E-state index in [0.717, 1.165) is 54.7 Å². The third-order valence-corrected chi connectivity index (χ3v) is 11.8. The second-order valence-corrected chi connectivity index (χ2v) is 16.3. The van der Waals surface area contributed by atoms with E-state index in [-0.39, 0.29) is 11.5 Å². The Morgan fingerprint density at radius 3 is 1.13 bits per heavy atom. The minimum atomic E-state index is 0.128. The van der Waals surface area contributed by atoms with Crippen LogP contribution in [0.1, 0.15) is 17.5 Å². The molecule has 8 heteroatoms. The summed E-state index contributed by atoms with van der Waals surface area (Å²) in [6, 6.07) is 51.8. The molecule has 0 aliphatic heterocycles. The van der Waals surface area contributed by atoms with E-state index in [1.807, 2.05) is 111 Å². The molecule has 2 aromatic heterocycles. The van der Waals surface area contributed by atoms with Crippen LogP contribution in [-0.4, -0.2) is 32.6 Å². The average Bonchev–Trinajstić information content (AvgIpc) is 3.79. The number of fused-ring (bicyclic) bond motifs is 6. The zero-order valence-corrected chi connectivity index (χ0v) is 35.0. The maximum Gasteiger partial charge on any atom is 0.147 e. The Bertz CT molecular complexity index is 3000. The highest BCUT2D eigenvalue weighted by Crippen LogP contribution is 2.46. The van der Waals surface area contributed by atoms with Crippen LogP contribution in [0.5, 0.6) is 23.0 Å². The first-order valence-electron chi connectivity index (χ1n) is 20.2. The summed E-state index contributed by atoms with van der Waals surface area (Å²) < 4.78 is 17.1. The third kappa shape index (κ3) is 6.78. The number of phenolic OH excluding ortho intramolecular Hbond substituents is 2. The van der Waals surface area contributed by atoms with Gasteiger partial charge in [-0.2, -0.15) is 0 Å². The second-order valence-electron chi connectivity index (χ2n) is 15.4. The van der Waals surface area contributed by atoms with Crippen LogP contribution in [0, 0.1) is 13.8 Å². The summed E-state index contributed by atoms with van der Waals surface area (Å²) in [5, 5.41) is 29.7. The van der Waals surface area contributed by atoms with Crippen LogP contribution in [0.15, 0.2) is 158 Å². The summed E-state index contributed by atoms with van der Waals surface area (Å²) in [5.74, 6) is 1.44. The Morgan fingerprint density at radius 1 is 0.426 bits per heavy atom. The molecule has 0 aliphatic carbocycles.